The standard InChI is InChI=1S/C15H10Br2FN3/c16-9-6-4-8(5-7-9)12-14(20-21-15(12)19)10-2-1-3-11(18)13(10)17/h1-7H,(H3,19,20,21). The van der Waals surface area contributed by atoms with Crippen molar-refractivity contribution in [2.24, 2.45) is 0 Å². The quantitative estimate of drug-likeness (QED) is 0.625. The zero-order valence-corrected chi connectivity index (χ0v) is 13.9. The summed E-state index contributed by atoms with van der Waals surface area (Å²) in [4.78, 5) is 0. The molecule has 0 fully saturated rings. The highest BCUT2D eigenvalue weighted by atomic mass is 79.9. The molecule has 0 amide bonds. The number of H-pyrrole nitrogens is 1. The first-order valence-corrected chi connectivity index (χ1v) is 7.70. The maximum Gasteiger partial charge on any atom is 0.153 e. The molecule has 0 aliphatic heterocycles. The molecule has 3 rings (SSSR count). The maximum atomic E-state index is 13.7. The second-order valence-corrected chi connectivity index (χ2v) is 6.18. The van der Waals surface area contributed by atoms with Crippen LogP contribution >= 0.6 is 31.9 Å². The molecule has 106 valence electrons. The lowest BCUT2D eigenvalue weighted by Crippen LogP contribution is -1.90. The van der Waals surface area contributed by atoms with Crippen LogP contribution in [-0.4, -0.2) is 10.2 Å². The minimum atomic E-state index is -0.331. The van der Waals surface area contributed by atoms with Crippen molar-refractivity contribution in [2.45, 2.75) is 0 Å². The van der Waals surface area contributed by atoms with E-state index in [4.69, 9.17) is 5.73 Å². The number of aromatic amines is 1. The number of nitrogen functional groups attached to an aromatic ring is 1. The Morgan fingerprint density at radius 1 is 1.05 bits per heavy atom. The van der Waals surface area contributed by atoms with Gasteiger partial charge < -0.3 is 5.73 Å². The summed E-state index contributed by atoms with van der Waals surface area (Å²) in [6, 6.07) is 12.6. The number of hydrogen-bond acceptors (Lipinski definition) is 2. The highest BCUT2D eigenvalue weighted by molar-refractivity contribution is 9.10. The van der Waals surface area contributed by atoms with E-state index in [0.717, 1.165) is 15.6 Å². The van der Waals surface area contributed by atoms with E-state index >= 15 is 0 Å². The molecule has 0 atom stereocenters. The predicted molar refractivity (Wildman–Crippen MR) is 89.2 cm³/mol. The summed E-state index contributed by atoms with van der Waals surface area (Å²) in [6.45, 7) is 0. The minimum absolute atomic E-state index is 0.331. The zero-order chi connectivity index (χ0) is 15.0. The average Bonchev–Trinajstić information content (AvgIpc) is 2.85. The molecular weight excluding hydrogens is 401 g/mol. The lowest BCUT2D eigenvalue weighted by molar-refractivity contribution is 0.621. The first kappa shape index (κ1) is 14.3. The molecule has 3 aromatic rings. The SMILES string of the molecule is Nc1n[nH]c(-c2cccc(F)c2Br)c1-c1ccc(Br)cc1. The lowest BCUT2D eigenvalue weighted by Gasteiger charge is -2.07. The molecule has 0 aliphatic carbocycles. The molecule has 0 saturated carbocycles. The van der Waals surface area contributed by atoms with E-state index in [1.165, 1.54) is 6.07 Å². The molecule has 0 bridgehead atoms. The van der Waals surface area contributed by atoms with Gasteiger partial charge in [-0.2, -0.15) is 5.10 Å². The predicted octanol–water partition coefficient (Wildman–Crippen LogP) is 4.99. The van der Waals surface area contributed by atoms with Crippen molar-refractivity contribution in [3.05, 3.63) is 57.2 Å². The molecule has 3 nitrogen and oxygen atoms in total. The second-order valence-electron chi connectivity index (χ2n) is 4.47. The van der Waals surface area contributed by atoms with Crippen LogP contribution < -0.4 is 5.73 Å². The van der Waals surface area contributed by atoms with Gasteiger partial charge in [-0.05, 0) is 39.7 Å². The minimum Gasteiger partial charge on any atom is -0.382 e. The molecule has 3 N–H and O–H groups in total. The second kappa shape index (κ2) is 5.61. The van der Waals surface area contributed by atoms with Crippen LogP contribution in [0.4, 0.5) is 10.2 Å². The highest BCUT2D eigenvalue weighted by Crippen LogP contribution is 2.38. The smallest absolute Gasteiger partial charge is 0.153 e. The first-order chi connectivity index (χ1) is 10.1. The van der Waals surface area contributed by atoms with Crippen LogP contribution in [0.3, 0.4) is 0 Å². The largest absolute Gasteiger partial charge is 0.382 e. The Morgan fingerprint density at radius 3 is 2.48 bits per heavy atom. The summed E-state index contributed by atoms with van der Waals surface area (Å²) in [5, 5.41) is 6.95. The van der Waals surface area contributed by atoms with Crippen molar-refractivity contribution >= 4 is 37.7 Å². The maximum absolute atomic E-state index is 13.7. The fourth-order valence-electron chi connectivity index (χ4n) is 2.16. The van der Waals surface area contributed by atoms with Gasteiger partial charge in [0.15, 0.2) is 5.82 Å². The van der Waals surface area contributed by atoms with Crippen LogP contribution in [0, 0.1) is 5.82 Å². The van der Waals surface area contributed by atoms with E-state index in [1.54, 1.807) is 6.07 Å². The monoisotopic (exact) mass is 409 g/mol. The van der Waals surface area contributed by atoms with Gasteiger partial charge in [0.2, 0.25) is 0 Å². The fraction of sp³-hybridized carbons (Fsp3) is 0. The number of aromatic nitrogens is 2. The molecule has 2 aromatic carbocycles. The van der Waals surface area contributed by atoms with E-state index in [0.29, 0.717) is 21.5 Å². The van der Waals surface area contributed by atoms with Gasteiger partial charge in [0.05, 0.1) is 15.7 Å². The highest BCUT2D eigenvalue weighted by Gasteiger charge is 2.18. The summed E-state index contributed by atoms with van der Waals surface area (Å²) in [7, 11) is 0. The topological polar surface area (TPSA) is 54.7 Å². The summed E-state index contributed by atoms with van der Waals surface area (Å²) in [5.74, 6) is 0.0471. The molecule has 0 aliphatic rings. The Hall–Kier alpha value is -1.66. The van der Waals surface area contributed by atoms with E-state index in [1.807, 2.05) is 30.3 Å². The molecule has 21 heavy (non-hydrogen) atoms. The van der Waals surface area contributed by atoms with Gasteiger partial charge in [0.25, 0.3) is 0 Å². The summed E-state index contributed by atoms with van der Waals surface area (Å²) in [5.41, 5.74) is 9.00. The third-order valence-corrected chi connectivity index (χ3v) is 4.48. The van der Waals surface area contributed by atoms with Crippen molar-refractivity contribution in [1.82, 2.24) is 10.2 Å². The Labute approximate surface area is 137 Å². The van der Waals surface area contributed by atoms with Crippen LogP contribution in [0.25, 0.3) is 22.4 Å². The zero-order valence-electron chi connectivity index (χ0n) is 10.7. The van der Waals surface area contributed by atoms with Gasteiger partial charge in [-0.25, -0.2) is 4.39 Å². The van der Waals surface area contributed by atoms with Crippen LogP contribution in [0.15, 0.2) is 51.4 Å². The Balaban J connectivity index is 2.22. The molecule has 0 unspecified atom stereocenters. The lowest BCUT2D eigenvalue weighted by atomic mass is 10.0. The van der Waals surface area contributed by atoms with Gasteiger partial charge in [0, 0.05) is 10.0 Å². The van der Waals surface area contributed by atoms with Crippen molar-refractivity contribution in [3.8, 4) is 22.4 Å². The van der Waals surface area contributed by atoms with Gasteiger partial charge in [-0.3, -0.25) is 5.10 Å². The summed E-state index contributed by atoms with van der Waals surface area (Å²) >= 11 is 6.67. The van der Waals surface area contributed by atoms with Crippen LogP contribution in [0.2, 0.25) is 0 Å². The number of nitrogens with zero attached hydrogens (tertiary/aromatic N) is 1. The molecule has 0 radical (unpaired) electrons. The Bertz CT molecular complexity index is 797. The van der Waals surface area contributed by atoms with E-state index < -0.39 is 0 Å². The normalized spacial score (nSPS) is 10.8. The van der Waals surface area contributed by atoms with E-state index in [2.05, 4.69) is 42.1 Å². The van der Waals surface area contributed by atoms with Crippen molar-refractivity contribution in [2.75, 3.05) is 5.73 Å². The summed E-state index contributed by atoms with van der Waals surface area (Å²) in [6.07, 6.45) is 0. The number of halogens is 3. The van der Waals surface area contributed by atoms with Gasteiger partial charge in [-0.15, -0.1) is 0 Å². The van der Waals surface area contributed by atoms with Crippen LogP contribution in [-0.2, 0) is 0 Å². The first-order valence-electron chi connectivity index (χ1n) is 6.12. The van der Waals surface area contributed by atoms with Gasteiger partial charge in [0.1, 0.15) is 5.82 Å². The third kappa shape index (κ3) is 2.61. The number of rotatable bonds is 2. The van der Waals surface area contributed by atoms with Crippen molar-refractivity contribution in [3.63, 3.8) is 0 Å². The Morgan fingerprint density at radius 2 is 1.76 bits per heavy atom. The van der Waals surface area contributed by atoms with Crippen molar-refractivity contribution < 1.29 is 4.39 Å². The molecular formula is C15H10Br2FN3. The van der Waals surface area contributed by atoms with E-state index in [9.17, 15) is 4.39 Å². The van der Waals surface area contributed by atoms with Crippen LogP contribution in [0.5, 0.6) is 0 Å². The molecule has 6 heteroatoms. The number of benzene rings is 2. The number of nitrogens with one attached hydrogen (secondary N) is 1. The molecule has 1 heterocycles. The number of hydrogen-bond donors (Lipinski definition) is 2. The average molecular weight is 411 g/mol. The number of anilines is 1. The van der Waals surface area contributed by atoms with E-state index in [-0.39, 0.29) is 5.82 Å². The Kier molecular flexibility index (Phi) is 3.82. The third-order valence-electron chi connectivity index (χ3n) is 3.15. The molecule has 0 saturated heterocycles. The van der Waals surface area contributed by atoms with Gasteiger partial charge >= 0.3 is 0 Å². The fourth-order valence-corrected chi connectivity index (χ4v) is 2.88. The molecule has 1 aromatic heterocycles. The summed E-state index contributed by atoms with van der Waals surface area (Å²) < 4.78 is 15.1. The molecule has 0 spiro atoms. The van der Waals surface area contributed by atoms with Crippen molar-refractivity contribution in [1.29, 1.82) is 0 Å². The van der Waals surface area contributed by atoms with Gasteiger partial charge in [-0.1, -0.05) is 40.2 Å². The van der Waals surface area contributed by atoms with Crippen LogP contribution in [0.1, 0.15) is 0 Å². The number of nitrogens with two attached hydrogens (primary N) is 1.